The van der Waals surface area contributed by atoms with Gasteiger partial charge in [-0.15, -0.1) is 0 Å². The highest BCUT2D eigenvalue weighted by atomic mass is 35.5. The second kappa shape index (κ2) is 9.88. The number of rotatable bonds is 5. The predicted octanol–water partition coefficient (Wildman–Crippen LogP) is 6.28. The topological polar surface area (TPSA) is 17.8 Å². The second-order valence-electron chi connectivity index (χ2n) is 9.78. The van der Waals surface area contributed by atoms with Crippen LogP contribution < -0.4 is 15.6 Å². The van der Waals surface area contributed by atoms with E-state index in [1.807, 2.05) is 18.5 Å². The van der Waals surface area contributed by atoms with Crippen LogP contribution in [0, 0.1) is 5.82 Å². The molecule has 5 rings (SSSR count). The van der Waals surface area contributed by atoms with Gasteiger partial charge in [-0.1, -0.05) is 82.6 Å². The first-order valence-corrected chi connectivity index (χ1v) is 13.8. The van der Waals surface area contributed by atoms with Crippen LogP contribution >= 0.6 is 11.6 Å². The number of halogens is 2. The summed E-state index contributed by atoms with van der Waals surface area (Å²) in [5.74, 6) is -0.418. The molecule has 0 aliphatic rings. The molecule has 1 radical (unpaired) electrons. The monoisotopic (exact) mass is 509 g/mol. The van der Waals surface area contributed by atoms with Crippen molar-refractivity contribution >= 4 is 36.0 Å². The van der Waals surface area contributed by atoms with Gasteiger partial charge in [-0.05, 0) is 61.9 Å². The Kier molecular flexibility index (Phi) is 6.65. The van der Waals surface area contributed by atoms with Gasteiger partial charge in [0, 0.05) is 35.3 Å². The summed E-state index contributed by atoms with van der Waals surface area (Å²) in [5.41, 5.74) is 3.90. The van der Waals surface area contributed by atoms with Gasteiger partial charge in [-0.25, -0.2) is 4.39 Å². The van der Waals surface area contributed by atoms with Crippen molar-refractivity contribution in [3.8, 4) is 22.4 Å². The van der Waals surface area contributed by atoms with Crippen LogP contribution in [-0.2, 0) is 5.54 Å². The van der Waals surface area contributed by atoms with Crippen molar-refractivity contribution in [2.75, 3.05) is 0 Å². The molecule has 0 aliphatic carbocycles. The van der Waals surface area contributed by atoms with Gasteiger partial charge in [0.25, 0.3) is 0 Å². The molecule has 0 unspecified atom stereocenters. The molecule has 5 aromatic rings. The Morgan fingerprint density at radius 3 is 1.89 bits per heavy atom. The van der Waals surface area contributed by atoms with E-state index in [1.54, 1.807) is 6.07 Å². The average Bonchev–Trinajstić information content (AvgIpc) is 3.28. The van der Waals surface area contributed by atoms with Gasteiger partial charge in [0.1, 0.15) is 5.82 Å². The summed E-state index contributed by atoms with van der Waals surface area (Å²) in [5, 5.41) is 4.00. The summed E-state index contributed by atoms with van der Waals surface area (Å²) in [7, 11) is -1.39. The first-order valence-electron chi connectivity index (χ1n) is 11.9. The number of benzene rings is 3. The minimum absolute atomic E-state index is 0.119. The minimum atomic E-state index is -1.39. The number of hydrogen-bond donors (Lipinski definition) is 0. The molecule has 3 aromatic carbocycles. The van der Waals surface area contributed by atoms with Gasteiger partial charge < -0.3 is 4.57 Å². The second-order valence-corrected chi connectivity index (χ2v) is 12.6. The van der Waals surface area contributed by atoms with Crippen LogP contribution in [0.25, 0.3) is 22.4 Å². The van der Waals surface area contributed by atoms with Gasteiger partial charge in [0.15, 0.2) is 8.80 Å². The van der Waals surface area contributed by atoms with Crippen molar-refractivity contribution < 1.29 is 4.39 Å². The van der Waals surface area contributed by atoms with Crippen LogP contribution in [0.1, 0.15) is 20.8 Å². The van der Waals surface area contributed by atoms with Gasteiger partial charge in [-0.3, -0.25) is 4.98 Å². The molecule has 0 N–H and O–H groups in total. The average molecular weight is 510 g/mol. The van der Waals surface area contributed by atoms with Crippen LogP contribution in [-0.4, -0.2) is 18.3 Å². The van der Waals surface area contributed by atoms with Crippen LogP contribution in [0.15, 0.2) is 110 Å². The predicted molar refractivity (Wildman–Crippen MR) is 151 cm³/mol. The Morgan fingerprint density at radius 2 is 1.36 bits per heavy atom. The summed E-state index contributed by atoms with van der Waals surface area (Å²) in [6.45, 7) is 6.58. The maximum absolute atomic E-state index is 14.2. The van der Waals surface area contributed by atoms with E-state index in [0.717, 1.165) is 22.4 Å². The van der Waals surface area contributed by atoms with E-state index in [4.69, 9.17) is 11.6 Å². The zero-order chi connectivity index (χ0) is 25.3. The number of pyridine rings is 1. The molecule has 2 nitrogen and oxygen atoms in total. The van der Waals surface area contributed by atoms with Crippen LogP contribution in [0.2, 0.25) is 5.02 Å². The van der Waals surface area contributed by atoms with Crippen LogP contribution in [0.5, 0.6) is 0 Å². The molecule has 0 atom stereocenters. The maximum atomic E-state index is 14.2. The fourth-order valence-corrected chi connectivity index (χ4v) is 7.61. The third-order valence-corrected chi connectivity index (χ3v) is 9.31. The molecular weight excluding hydrogens is 483 g/mol. The van der Waals surface area contributed by atoms with Crippen molar-refractivity contribution in [2.24, 2.45) is 0 Å². The molecule has 2 aromatic heterocycles. The molecule has 0 fully saturated rings. The molecule has 179 valence electrons. The van der Waals surface area contributed by atoms with E-state index < -0.39 is 14.6 Å². The first-order chi connectivity index (χ1) is 17.3. The van der Waals surface area contributed by atoms with Gasteiger partial charge >= 0.3 is 0 Å². The zero-order valence-electron chi connectivity index (χ0n) is 20.5. The molecule has 0 spiro atoms. The Hall–Kier alpha value is -3.47. The van der Waals surface area contributed by atoms with Crippen molar-refractivity contribution in [3.05, 3.63) is 120 Å². The Labute approximate surface area is 218 Å². The minimum Gasteiger partial charge on any atom is -0.342 e. The largest absolute Gasteiger partial charge is 0.342 e. The fraction of sp³-hybridized carbons (Fsp3) is 0.129. The van der Waals surface area contributed by atoms with Crippen molar-refractivity contribution in [1.82, 2.24) is 9.55 Å². The first kappa shape index (κ1) is 24.2. The highest BCUT2D eigenvalue weighted by Crippen LogP contribution is 2.37. The van der Waals surface area contributed by atoms with E-state index in [9.17, 15) is 4.39 Å². The summed E-state index contributed by atoms with van der Waals surface area (Å²) in [6.07, 6.45) is 5.95. The SMILES string of the molecule is CC(C)(C)n1cc([Si](c2ccccc2)c2ccccc2)c(-c2ccncc2)c1-c1ccc(F)c(Cl)c1. The van der Waals surface area contributed by atoms with Crippen LogP contribution in [0.3, 0.4) is 0 Å². The van der Waals surface area contributed by atoms with Gasteiger partial charge in [0.05, 0.1) is 10.7 Å². The lowest BCUT2D eigenvalue weighted by Crippen LogP contribution is -2.52. The quantitative estimate of drug-likeness (QED) is 0.255. The third-order valence-electron chi connectivity index (χ3n) is 6.28. The Morgan fingerprint density at radius 1 is 0.778 bits per heavy atom. The molecular formula is C31H27ClFN2Si. The molecule has 0 saturated heterocycles. The molecule has 0 saturated carbocycles. The van der Waals surface area contributed by atoms with Crippen molar-refractivity contribution in [3.63, 3.8) is 0 Å². The van der Waals surface area contributed by atoms with Crippen molar-refractivity contribution in [2.45, 2.75) is 26.3 Å². The number of nitrogens with zero attached hydrogens (tertiary/aromatic N) is 2. The van der Waals surface area contributed by atoms with E-state index in [1.165, 1.54) is 21.6 Å². The standard InChI is InChI=1S/C31H27ClFN2Si/c1-31(2,3)35-21-28(36(24-10-6-4-7-11-24)25-12-8-5-9-13-25)29(22-16-18-34-19-17-22)30(35)23-14-15-27(33)26(32)20-23/h4-21H,1-3H3. The molecule has 0 amide bonds. The Bertz CT molecular complexity index is 1440. The molecule has 5 heteroatoms. The van der Waals surface area contributed by atoms with Gasteiger partial charge in [-0.2, -0.15) is 0 Å². The summed E-state index contributed by atoms with van der Waals surface area (Å²) >= 11 is 6.30. The number of aromatic nitrogens is 2. The summed E-state index contributed by atoms with van der Waals surface area (Å²) in [4.78, 5) is 4.28. The van der Waals surface area contributed by atoms with Gasteiger partial charge in [0.2, 0.25) is 0 Å². The Balaban J connectivity index is 1.90. The van der Waals surface area contributed by atoms with E-state index >= 15 is 0 Å². The van der Waals surface area contributed by atoms with E-state index in [-0.39, 0.29) is 10.6 Å². The lowest BCUT2D eigenvalue weighted by Gasteiger charge is -2.25. The maximum Gasteiger partial charge on any atom is 0.157 e. The van der Waals surface area contributed by atoms with E-state index in [2.05, 4.69) is 109 Å². The highest BCUT2D eigenvalue weighted by Gasteiger charge is 2.31. The lowest BCUT2D eigenvalue weighted by molar-refractivity contribution is 0.403. The molecule has 0 bridgehead atoms. The molecule has 2 heterocycles. The van der Waals surface area contributed by atoms with Crippen LogP contribution in [0.4, 0.5) is 4.39 Å². The lowest BCUT2D eigenvalue weighted by atomic mass is 10.00. The van der Waals surface area contributed by atoms with Crippen molar-refractivity contribution in [1.29, 1.82) is 0 Å². The fourth-order valence-electron chi connectivity index (χ4n) is 4.65. The normalized spacial score (nSPS) is 11.7. The highest BCUT2D eigenvalue weighted by molar-refractivity contribution is 6.96. The zero-order valence-corrected chi connectivity index (χ0v) is 22.3. The smallest absolute Gasteiger partial charge is 0.157 e. The number of hydrogen-bond acceptors (Lipinski definition) is 1. The van der Waals surface area contributed by atoms with E-state index in [0.29, 0.717) is 0 Å². The third kappa shape index (κ3) is 4.67. The molecule has 36 heavy (non-hydrogen) atoms. The molecule has 0 aliphatic heterocycles. The summed E-state index contributed by atoms with van der Waals surface area (Å²) in [6, 6.07) is 30.6. The summed E-state index contributed by atoms with van der Waals surface area (Å²) < 4.78 is 16.5.